The number of hydrogen-bond donors (Lipinski definition) is 3. The first kappa shape index (κ1) is 18.6. The van der Waals surface area contributed by atoms with Crippen LogP contribution in [-0.4, -0.2) is 38.9 Å². The number of nitrogens with one attached hydrogen (secondary N) is 3. The Morgan fingerprint density at radius 1 is 1.35 bits per heavy atom. The van der Waals surface area contributed by atoms with E-state index in [-0.39, 0.29) is 23.6 Å². The third-order valence-electron chi connectivity index (χ3n) is 5.16. The quantitative estimate of drug-likeness (QED) is 0.765. The third kappa shape index (κ3) is 4.43. The molecule has 0 aromatic heterocycles. The number of benzene rings is 1. The van der Waals surface area contributed by atoms with Crippen molar-refractivity contribution < 1.29 is 9.13 Å². The van der Waals surface area contributed by atoms with Crippen molar-refractivity contribution >= 4 is 12.4 Å². The van der Waals surface area contributed by atoms with Crippen molar-refractivity contribution in [2.45, 2.75) is 31.2 Å². The van der Waals surface area contributed by atoms with Crippen LogP contribution in [0.5, 0.6) is 0 Å². The van der Waals surface area contributed by atoms with Gasteiger partial charge in [-0.05, 0) is 37.5 Å². The monoisotopic (exact) mass is 343 g/mol. The molecule has 2 unspecified atom stereocenters. The molecule has 0 bridgehead atoms. The van der Waals surface area contributed by atoms with Crippen LogP contribution < -0.4 is 16.2 Å². The molecule has 4 nitrogen and oxygen atoms in total. The molecule has 130 valence electrons. The molecule has 0 aliphatic carbocycles. The molecule has 2 fully saturated rings. The molecular formula is C17H27ClFN3O. The van der Waals surface area contributed by atoms with E-state index >= 15 is 0 Å². The summed E-state index contributed by atoms with van der Waals surface area (Å²) in [6, 6.07) is 7.55. The molecule has 2 heterocycles. The molecule has 0 spiro atoms. The van der Waals surface area contributed by atoms with Crippen LogP contribution in [0.1, 0.15) is 25.3 Å². The first-order chi connectivity index (χ1) is 10.7. The molecule has 0 amide bonds. The first-order valence-electron chi connectivity index (χ1n) is 8.22. The van der Waals surface area contributed by atoms with Gasteiger partial charge >= 0.3 is 0 Å². The normalized spacial score (nSPS) is 26.7. The fourth-order valence-corrected chi connectivity index (χ4v) is 3.54. The van der Waals surface area contributed by atoms with Gasteiger partial charge in [-0.2, -0.15) is 0 Å². The molecule has 3 N–H and O–H groups in total. The van der Waals surface area contributed by atoms with E-state index in [2.05, 4.69) is 29.2 Å². The zero-order chi connectivity index (χ0) is 15.4. The van der Waals surface area contributed by atoms with E-state index in [0.717, 1.165) is 51.3 Å². The maximum absolute atomic E-state index is 13.6. The molecule has 2 aliphatic heterocycles. The maximum atomic E-state index is 13.6. The Morgan fingerprint density at radius 2 is 2.13 bits per heavy atom. The van der Waals surface area contributed by atoms with Gasteiger partial charge in [-0.25, -0.2) is 4.39 Å². The molecule has 0 saturated carbocycles. The topological polar surface area (TPSA) is 45.3 Å². The van der Waals surface area contributed by atoms with Gasteiger partial charge in [0.2, 0.25) is 0 Å². The standard InChI is InChI=1S/C17H26FN3O.ClH/c1-13-14(11-20-21-13)10-19-12-17(5-7-22-8-6-17)15-3-2-4-16(18)9-15;/h2-4,9,13-14,19-21H,5-8,10-12H2,1H3;1H. The Kier molecular flexibility index (Phi) is 6.80. The van der Waals surface area contributed by atoms with Crippen molar-refractivity contribution in [3.05, 3.63) is 35.6 Å². The third-order valence-corrected chi connectivity index (χ3v) is 5.16. The largest absolute Gasteiger partial charge is 0.381 e. The minimum Gasteiger partial charge on any atom is -0.381 e. The summed E-state index contributed by atoms with van der Waals surface area (Å²) >= 11 is 0. The fraction of sp³-hybridized carbons (Fsp3) is 0.647. The van der Waals surface area contributed by atoms with Crippen LogP contribution in [0.25, 0.3) is 0 Å². The van der Waals surface area contributed by atoms with Crippen molar-refractivity contribution in [1.82, 2.24) is 16.2 Å². The molecule has 6 heteroatoms. The Balaban J connectivity index is 0.00000192. The summed E-state index contributed by atoms with van der Waals surface area (Å²) in [6.07, 6.45) is 1.89. The maximum Gasteiger partial charge on any atom is 0.123 e. The zero-order valence-electron chi connectivity index (χ0n) is 13.6. The minimum atomic E-state index is -0.152. The smallest absolute Gasteiger partial charge is 0.123 e. The van der Waals surface area contributed by atoms with E-state index in [1.165, 1.54) is 6.07 Å². The predicted octanol–water partition coefficient (Wildman–Crippen LogP) is 2.00. The lowest BCUT2D eigenvalue weighted by molar-refractivity contribution is 0.0495. The number of rotatable bonds is 5. The summed E-state index contributed by atoms with van der Waals surface area (Å²) in [5, 5.41) is 3.63. The molecule has 2 aliphatic rings. The lowest BCUT2D eigenvalue weighted by Crippen LogP contribution is -2.45. The van der Waals surface area contributed by atoms with Crippen molar-refractivity contribution in [2.75, 3.05) is 32.8 Å². The molecule has 23 heavy (non-hydrogen) atoms. The summed E-state index contributed by atoms with van der Waals surface area (Å²) in [6.45, 7) is 6.54. The van der Waals surface area contributed by atoms with Gasteiger partial charge in [0.05, 0.1) is 0 Å². The van der Waals surface area contributed by atoms with Crippen LogP contribution in [0.4, 0.5) is 4.39 Å². The summed E-state index contributed by atoms with van der Waals surface area (Å²) in [4.78, 5) is 0. The van der Waals surface area contributed by atoms with Crippen molar-refractivity contribution in [1.29, 1.82) is 0 Å². The van der Waals surface area contributed by atoms with E-state index < -0.39 is 0 Å². The van der Waals surface area contributed by atoms with E-state index in [9.17, 15) is 4.39 Å². The van der Waals surface area contributed by atoms with Crippen LogP contribution in [0, 0.1) is 11.7 Å². The Morgan fingerprint density at radius 3 is 2.78 bits per heavy atom. The molecular weight excluding hydrogens is 317 g/mol. The predicted molar refractivity (Wildman–Crippen MR) is 92.3 cm³/mol. The number of halogens is 2. The molecule has 1 aromatic carbocycles. The van der Waals surface area contributed by atoms with Crippen LogP contribution in [-0.2, 0) is 10.2 Å². The van der Waals surface area contributed by atoms with E-state index in [0.29, 0.717) is 12.0 Å². The van der Waals surface area contributed by atoms with Gasteiger partial charge in [-0.15, -0.1) is 12.4 Å². The number of hydrogen-bond acceptors (Lipinski definition) is 4. The summed E-state index contributed by atoms with van der Waals surface area (Å²) in [5.74, 6) is 0.436. The van der Waals surface area contributed by atoms with Crippen LogP contribution >= 0.6 is 12.4 Å². The SMILES string of the molecule is CC1NNCC1CNCC1(c2cccc(F)c2)CCOCC1.Cl. The number of ether oxygens (including phenoxy) is 1. The summed E-state index contributed by atoms with van der Waals surface area (Å²) in [7, 11) is 0. The average Bonchev–Trinajstić information content (AvgIpc) is 2.94. The van der Waals surface area contributed by atoms with Gasteiger partial charge in [0, 0.05) is 50.2 Å². The van der Waals surface area contributed by atoms with Crippen LogP contribution in [0.3, 0.4) is 0 Å². The summed E-state index contributed by atoms with van der Waals surface area (Å²) < 4.78 is 19.2. The highest BCUT2D eigenvalue weighted by Gasteiger charge is 2.35. The highest BCUT2D eigenvalue weighted by atomic mass is 35.5. The van der Waals surface area contributed by atoms with E-state index in [1.54, 1.807) is 6.07 Å². The van der Waals surface area contributed by atoms with Gasteiger partial charge < -0.3 is 10.1 Å². The highest BCUT2D eigenvalue weighted by Crippen LogP contribution is 2.34. The second-order valence-corrected chi connectivity index (χ2v) is 6.61. The Bertz CT molecular complexity index is 496. The van der Waals surface area contributed by atoms with Crippen molar-refractivity contribution in [3.63, 3.8) is 0 Å². The highest BCUT2D eigenvalue weighted by molar-refractivity contribution is 5.85. The van der Waals surface area contributed by atoms with Crippen molar-refractivity contribution in [3.8, 4) is 0 Å². The van der Waals surface area contributed by atoms with Crippen LogP contribution in [0.15, 0.2) is 24.3 Å². The second-order valence-electron chi connectivity index (χ2n) is 6.61. The Hall–Kier alpha value is -0.720. The van der Waals surface area contributed by atoms with Crippen molar-refractivity contribution in [2.24, 2.45) is 5.92 Å². The average molecular weight is 344 g/mol. The van der Waals surface area contributed by atoms with Gasteiger partial charge in [0.25, 0.3) is 0 Å². The van der Waals surface area contributed by atoms with Gasteiger partial charge in [-0.1, -0.05) is 12.1 Å². The van der Waals surface area contributed by atoms with E-state index in [4.69, 9.17) is 4.74 Å². The van der Waals surface area contributed by atoms with Gasteiger partial charge in [0.15, 0.2) is 0 Å². The number of hydrazine groups is 1. The lowest BCUT2D eigenvalue weighted by Gasteiger charge is -2.38. The fourth-order valence-electron chi connectivity index (χ4n) is 3.54. The minimum absolute atomic E-state index is 0. The molecule has 2 saturated heterocycles. The van der Waals surface area contributed by atoms with Crippen LogP contribution in [0.2, 0.25) is 0 Å². The molecule has 3 rings (SSSR count). The zero-order valence-corrected chi connectivity index (χ0v) is 14.4. The lowest BCUT2D eigenvalue weighted by atomic mass is 9.74. The molecule has 0 radical (unpaired) electrons. The summed E-state index contributed by atoms with van der Waals surface area (Å²) in [5.41, 5.74) is 7.53. The van der Waals surface area contributed by atoms with Gasteiger partial charge in [0.1, 0.15) is 5.82 Å². The second kappa shape index (κ2) is 8.40. The van der Waals surface area contributed by atoms with Gasteiger partial charge in [-0.3, -0.25) is 10.9 Å². The molecule has 1 aromatic rings. The molecule has 2 atom stereocenters. The Labute approximate surface area is 143 Å². The first-order valence-corrected chi connectivity index (χ1v) is 8.22. The van der Waals surface area contributed by atoms with E-state index in [1.807, 2.05) is 6.07 Å².